The van der Waals surface area contributed by atoms with E-state index in [2.05, 4.69) is 33.0 Å². The van der Waals surface area contributed by atoms with Gasteiger partial charge in [0, 0.05) is 7.05 Å². The predicted molar refractivity (Wildman–Crippen MR) is 75.7 cm³/mol. The molecule has 0 aliphatic carbocycles. The van der Waals surface area contributed by atoms with Gasteiger partial charge in [-0.1, -0.05) is 12.1 Å². The summed E-state index contributed by atoms with van der Waals surface area (Å²) in [4.78, 5) is 4.33. The van der Waals surface area contributed by atoms with E-state index in [9.17, 15) is 0 Å². The van der Waals surface area contributed by atoms with Gasteiger partial charge < -0.3 is 15.0 Å². The lowest BCUT2D eigenvalue weighted by Gasteiger charge is -2.03. The van der Waals surface area contributed by atoms with E-state index in [1.165, 1.54) is 5.56 Å². The molecule has 1 aromatic heterocycles. The average Bonchev–Trinajstić information content (AvgIpc) is 2.64. The normalized spacial score (nSPS) is 10.6. The topological polar surface area (TPSA) is 53.1 Å². The molecule has 0 saturated heterocycles. The number of nitrogen functional groups attached to an aromatic ring is 1. The molecular weight excluding hydrogens is 294 g/mol. The molecular formula is C13H16BrN3O. The lowest BCUT2D eigenvalue weighted by atomic mass is 10.1. The van der Waals surface area contributed by atoms with E-state index in [1.807, 2.05) is 23.7 Å². The number of aryl methyl sites for hydroxylation is 2. The number of hydrogen-bond donors (Lipinski definition) is 1. The highest BCUT2D eigenvalue weighted by molar-refractivity contribution is 9.10. The molecule has 1 heterocycles. The average molecular weight is 310 g/mol. The van der Waals surface area contributed by atoms with E-state index in [0.717, 1.165) is 28.9 Å². The van der Waals surface area contributed by atoms with Gasteiger partial charge in [-0.3, -0.25) is 0 Å². The van der Waals surface area contributed by atoms with Crippen LogP contribution in [0.3, 0.4) is 0 Å². The number of nitrogens with two attached hydrogens (primary N) is 1. The summed E-state index contributed by atoms with van der Waals surface area (Å²) in [5, 5.41) is 0. The first kappa shape index (κ1) is 13.0. The van der Waals surface area contributed by atoms with Crippen LogP contribution in [-0.4, -0.2) is 16.7 Å². The van der Waals surface area contributed by atoms with Crippen molar-refractivity contribution < 1.29 is 4.74 Å². The molecule has 0 spiro atoms. The summed E-state index contributed by atoms with van der Waals surface area (Å²) in [6, 6.07) is 8.08. The highest BCUT2D eigenvalue weighted by Gasteiger charge is 2.09. The number of benzene rings is 1. The minimum absolute atomic E-state index is 0.534. The van der Waals surface area contributed by atoms with Crippen LogP contribution in [0.4, 0.5) is 5.95 Å². The van der Waals surface area contributed by atoms with Gasteiger partial charge in [0.25, 0.3) is 0 Å². The van der Waals surface area contributed by atoms with Gasteiger partial charge in [0.2, 0.25) is 5.95 Å². The molecule has 0 saturated carbocycles. The minimum atomic E-state index is 0.534. The van der Waals surface area contributed by atoms with E-state index >= 15 is 0 Å². The molecule has 2 N–H and O–H groups in total. The number of aromatic nitrogens is 2. The van der Waals surface area contributed by atoms with Gasteiger partial charge in [0.05, 0.1) is 12.8 Å². The van der Waals surface area contributed by atoms with Crippen LogP contribution in [0.2, 0.25) is 0 Å². The van der Waals surface area contributed by atoms with Gasteiger partial charge in [0.15, 0.2) is 0 Å². The number of rotatable bonds is 4. The zero-order chi connectivity index (χ0) is 13.1. The van der Waals surface area contributed by atoms with Crippen molar-refractivity contribution >= 4 is 21.9 Å². The minimum Gasteiger partial charge on any atom is -0.497 e. The Hall–Kier alpha value is -1.49. The Balaban J connectivity index is 2.04. The number of anilines is 1. The Bertz CT molecular complexity index is 534. The maximum atomic E-state index is 5.75. The van der Waals surface area contributed by atoms with Gasteiger partial charge in [-0.2, -0.15) is 0 Å². The van der Waals surface area contributed by atoms with Crippen molar-refractivity contribution in [1.82, 2.24) is 9.55 Å². The van der Waals surface area contributed by atoms with Crippen LogP contribution in [0.25, 0.3) is 0 Å². The van der Waals surface area contributed by atoms with E-state index in [-0.39, 0.29) is 0 Å². The molecule has 0 fully saturated rings. The van der Waals surface area contributed by atoms with Crippen LogP contribution >= 0.6 is 15.9 Å². The smallest absolute Gasteiger partial charge is 0.201 e. The van der Waals surface area contributed by atoms with Crippen LogP contribution in [0.15, 0.2) is 28.9 Å². The summed E-state index contributed by atoms with van der Waals surface area (Å²) in [5.74, 6) is 1.41. The third kappa shape index (κ3) is 2.67. The van der Waals surface area contributed by atoms with Gasteiger partial charge >= 0.3 is 0 Å². The number of methoxy groups -OCH3 is 1. The molecule has 4 nitrogen and oxygen atoms in total. The van der Waals surface area contributed by atoms with Gasteiger partial charge in [-0.05, 0) is 46.5 Å². The standard InChI is InChI=1S/C13H16BrN3O/c1-17-12(14)11(16-13(17)15)8-5-9-3-6-10(18-2)7-4-9/h3-4,6-7H,5,8H2,1-2H3,(H2,15,16). The first-order valence-electron chi connectivity index (χ1n) is 5.71. The first-order chi connectivity index (χ1) is 8.61. The van der Waals surface area contributed by atoms with E-state index in [0.29, 0.717) is 5.95 Å². The molecule has 2 aromatic rings. The molecule has 0 amide bonds. The van der Waals surface area contributed by atoms with Crippen LogP contribution in [0.1, 0.15) is 11.3 Å². The second-order valence-electron chi connectivity index (χ2n) is 4.11. The first-order valence-corrected chi connectivity index (χ1v) is 6.50. The molecule has 0 bridgehead atoms. The van der Waals surface area contributed by atoms with Crippen LogP contribution in [-0.2, 0) is 19.9 Å². The molecule has 1 aromatic carbocycles. The maximum absolute atomic E-state index is 5.75. The molecule has 5 heteroatoms. The van der Waals surface area contributed by atoms with Crippen molar-refractivity contribution in [3.63, 3.8) is 0 Å². The van der Waals surface area contributed by atoms with Gasteiger partial charge in [0.1, 0.15) is 10.4 Å². The number of ether oxygens (including phenoxy) is 1. The van der Waals surface area contributed by atoms with Crippen molar-refractivity contribution in [3.8, 4) is 5.75 Å². The number of hydrogen-bond acceptors (Lipinski definition) is 3. The highest BCUT2D eigenvalue weighted by Crippen LogP contribution is 2.21. The quantitative estimate of drug-likeness (QED) is 0.944. The second kappa shape index (κ2) is 5.44. The summed E-state index contributed by atoms with van der Waals surface area (Å²) in [5.41, 5.74) is 8.00. The summed E-state index contributed by atoms with van der Waals surface area (Å²) >= 11 is 3.50. The molecule has 0 unspecified atom stereocenters. The van der Waals surface area contributed by atoms with E-state index in [1.54, 1.807) is 7.11 Å². The van der Waals surface area contributed by atoms with Crippen molar-refractivity contribution in [1.29, 1.82) is 0 Å². The zero-order valence-electron chi connectivity index (χ0n) is 10.5. The lowest BCUT2D eigenvalue weighted by Crippen LogP contribution is -1.96. The predicted octanol–water partition coefficient (Wildman–Crippen LogP) is 2.56. The Morgan fingerprint density at radius 1 is 1.28 bits per heavy atom. The highest BCUT2D eigenvalue weighted by atomic mass is 79.9. The molecule has 0 aliphatic heterocycles. The Labute approximate surface area is 115 Å². The van der Waals surface area contributed by atoms with Gasteiger partial charge in [-0.25, -0.2) is 4.98 Å². The number of halogens is 1. The summed E-state index contributed by atoms with van der Waals surface area (Å²) in [6.07, 6.45) is 1.79. The molecule has 0 atom stereocenters. The molecule has 2 rings (SSSR count). The number of imidazole rings is 1. The molecule has 96 valence electrons. The molecule has 0 aliphatic rings. The third-order valence-corrected chi connectivity index (χ3v) is 3.92. The summed E-state index contributed by atoms with van der Waals surface area (Å²) in [7, 11) is 3.56. The van der Waals surface area contributed by atoms with Crippen molar-refractivity contribution in [2.24, 2.45) is 7.05 Å². The van der Waals surface area contributed by atoms with Gasteiger partial charge in [-0.15, -0.1) is 0 Å². The second-order valence-corrected chi connectivity index (χ2v) is 4.87. The Morgan fingerprint density at radius 2 is 1.94 bits per heavy atom. The Kier molecular flexibility index (Phi) is 3.91. The number of nitrogens with zero attached hydrogens (tertiary/aromatic N) is 2. The SMILES string of the molecule is COc1ccc(CCc2nc(N)n(C)c2Br)cc1. The third-order valence-electron chi connectivity index (χ3n) is 2.94. The largest absolute Gasteiger partial charge is 0.497 e. The zero-order valence-corrected chi connectivity index (χ0v) is 12.1. The fourth-order valence-corrected chi connectivity index (χ4v) is 2.24. The van der Waals surface area contributed by atoms with Crippen LogP contribution in [0.5, 0.6) is 5.75 Å². The van der Waals surface area contributed by atoms with Crippen LogP contribution in [0, 0.1) is 0 Å². The maximum Gasteiger partial charge on any atom is 0.201 e. The van der Waals surface area contributed by atoms with Crippen LogP contribution < -0.4 is 10.5 Å². The molecule has 0 radical (unpaired) electrons. The van der Waals surface area contributed by atoms with Crippen molar-refractivity contribution in [3.05, 3.63) is 40.1 Å². The molecule has 18 heavy (non-hydrogen) atoms. The summed E-state index contributed by atoms with van der Waals surface area (Å²) in [6.45, 7) is 0. The fourth-order valence-electron chi connectivity index (χ4n) is 1.77. The fraction of sp³-hybridized carbons (Fsp3) is 0.308. The van der Waals surface area contributed by atoms with E-state index in [4.69, 9.17) is 10.5 Å². The van der Waals surface area contributed by atoms with Crippen molar-refractivity contribution in [2.45, 2.75) is 12.8 Å². The monoisotopic (exact) mass is 309 g/mol. The van der Waals surface area contributed by atoms with E-state index < -0.39 is 0 Å². The Morgan fingerprint density at radius 3 is 2.44 bits per heavy atom. The van der Waals surface area contributed by atoms with Crippen molar-refractivity contribution in [2.75, 3.05) is 12.8 Å². The lowest BCUT2D eigenvalue weighted by molar-refractivity contribution is 0.414. The summed E-state index contributed by atoms with van der Waals surface area (Å²) < 4.78 is 7.92.